The van der Waals surface area contributed by atoms with Crippen LogP contribution < -0.4 is 14.4 Å². The third-order valence-corrected chi connectivity index (χ3v) is 4.83. The number of amides is 1. The van der Waals surface area contributed by atoms with Crippen molar-refractivity contribution in [3.8, 4) is 11.5 Å². The number of anilines is 1. The Balaban J connectivity index is 1.90. The van der Waals surface area contributed by atoms with Crippen LogP contribution in [0.2, 0.25) is 0 Å². The van der Waals surface area contributed by atoms with Crippen LogP contribution in [0.25, 0.3) is 0 Å². The van der Waals surface area contributed by atoms with E-state index >= 15 is 0 Å². The summed E-state index contributed by atoms with van der Waals surface area (Å²) in [4.78, 5) is 14.1. The maximum absolute atomic E-state index is 12.3. The molecule has 0 spiro atoms. The Morgan fingerprint density at radius 1 is 0.955 bits per heavy atom. The summed E-state index contributed by atoms with van der Waals surface area (Å²) in [6.45, 7) is 0. The van der Waals surface area contributed by atoms with E-state index < -0.39 is 0 Å². The minimum Gasteiger partial charge on any atom is -0.497 e. The molecule has 0 N–H and O–H groups in total. The molecule has 0 saturated carbocycles. The average molecular weight is 315 g/mol. The predicted molar refractivity (Wildman–Crippen MR) is 88.7 cm³/mol. The highest BCUT2D eigenvalue weighted by atomic mass is 32.2. The van der Waals surface area contributed by atoms with E-state index in [-0.39, 0.29) is 11.3 Å². The first-order valence-corrected chi connectivity index (χ1v) is 7.99. The molecule has 3 rings (SSSR count). The smallest absolute Gasteiger partial charge is 0.238 e. The summed E-state index contributed by atoms with van der Waals surface area (Å²) in [5.74, 6) is 2.21. The molecule has 0 aromatic heterocycles. The molecule has 22 heavy (non-hydrogen) atoms. The molecular formula is C17H17NO3S. The molecule has 4 nitrogen and oxygen atoms in total. The van der Waals surface area contributed by atoms with E-state index in [2.05, 4.69) is 0 Å². The number of methoxy groups -OCH3 is 2. The van der Waals surface area contributed by atoms with Crippen LogP contribution in [0.4, 0.5) is 5.69 Å². The minimum atomic E-state index is -0.00759. The first-order valence-electron chi connectivity index (χ1n) is 6.94. The van der Waals surface area contributed by atoms with Gasteiger partial charge >= 0.3 is 0 Å². The van der Waals surface area contributed by atoms with Gasteiger partial charge in [-0.1, -0.05) is 12.1 Å². The van der Waals surface area contributed by atoms with Gasteiger partial charge in [-0.15, -0.1) is 11.8 Å². The molecule has 1 saturated heterocycles. The van der Waals surface area contributed by atoms with E-state index in [9.17, 15) is 4.79 Å². The van der Waals surface area contributed by atoms with Crippen LogP contribution in [0.5, 0.6) is 11.5 Å². The maximum Gasteiger partial charge on any atom is 0.238 e. The van der Waals surface area contributed by atoms with Crippen LogP contribution in [0.3, 0.4) is 0 Å². The number of nitrogens with zero attached hydrogens (tertiary/aromatic N) is 1. The minimum absolute atomic E-state index is 0.00759. The van der Waals surface area contributed by atoms with Crippen molar-refractivity contribution >= 4 is 23.4 Å². The van der Waals surface area contributed by atoms with Crippen molar-refractivity contribution in [3.05, 3.63) is 54.1 Å². The van der Waals surface area contributed by atoms with Crippen molar-refractivity contribution < 1.29 is 14.3 Å². The first kappa shape index (κ1) is 14.8. The highest BCUT2D eigenvalue weighted by Gasteiger charge is 2.33. The summed E-state index contributed by atoms with van der Waals surface area (Å²) in [5, 5.41) is -0.00759. The quantitative estimate of drug-likeness (QED) is 0.866. The monoisotopic (exact) mass is 315 g/mol. The molecule has 1 amide bonds. The van der Waals surface area contributed by atoms with Crippen molar-refractivity contribution in [2.75, 3.05) is 24.9 Å². The highest BCUT2D eigenvalue weighted by molar-refractivity contribution is 8.00. The maximum atomic E-state index is 12.3. The Bertz CT molecular complexity index is 655. The second-order valence-electron chi connectivity index (χ2n) is 4.90. The zero-order valence-electron chi connectivity index (χ0n) is 12.5. The summed E-state index contributed by atoms with van der Waals surface area (Å²) in [5.41, 5.74) is 1.98. The SMILES string of the molecule is COc1ccc([C@@H]2SCC(=O)N2c2ccc(OC)cc2)cc1. The summed E-state index contributed by atoms with van der Waals surface area (Å²) in [6, 6.07) is 15.4. The van der Waals surface area contributed by atoms with Crippen molar-refractivity contribution in [1.82, 2.24) is 0 Å². The van der Waals surface area contributed by atoms with Gasteiger partial charge in [0.05, 0.1) is 20.0 Å². The fraction of sp³-hybridized carbons (Fsp3) is 0.235. The van der Waals surface area contributed by atoms with Crippen LogP contribution in [0.15, 0.2) is 48.5 Å². The number of hydrogen-bond donors (Lipinski definition) is 0. The molecule has 114 valence electrons. The highest BCUT2D eigenvalue weighted by Crippen LogP contribution is 2.42. The second kappa shape index (κ2) is 6.32. The number of hydrogen-bond acceptors (Lipinski definition) is 4. The fourth-order valence-corrected chi connectivity index (χ4v) is 3.64. The Morgan fingerprint density at radius 2 is 1.50 bits per heavy atom. The van der Waals surface area contributed by atoms with Crippen molar-refractivity contribution in [2.45, 2.75) is 5.37 Å². The number of thioether (sulfide) groups is 1. The van der Waals surface area contributed by atoms with Crippen LogP contribution >= 0.6 is 11.8 Å². The Hall–Kier alpha value is -2.14. The number of benzene rings is 2. The summed E-state index contributed by atoms with van der Waals surface area (Å²) >= 11 is 1.63. The lowest BCUT2D eigenvalue weighted by Gasteiger charge is -2.24. The van der Waals surface area contributed by atoms with Crippen molar-refractivity contribution in [2.24, 2.45) is 0 Å². The summed E-state index contributed by atoms with van der Waals surface area (Å²) < 4.78 is 10.4. The second-order valence-corrected chi connectivity index (χ2v) is 5.97. The van der Waals surface area contributed by atoms with E-state index in [0.717, 1.165) is 22.7 Å². The van der Waals surface area contributed by atoms with Gasteiger partial charge in [0, 0.05) is 5.69 Å². The molecule has 0 aliphatic carbocycles. The van der Waals surface area contributed by atoms with Gasteiger partial charge in [0.2, 0.25) is 5.91 Å². The number of carbonyl (C=O) groups excluding carboxylic acids is 1. The molecule has 1 fully saturated rings. The number of ether oxygens (including phenoxy) is 2. The Kier molecular flexibility index (Phi) is 4.24. The standard InChI is InChI=1S/C17H17NO3S/c1-20-14-7-3-12(4-8-14)17-18(16(19)11-22-17)13-5-9-15(21-2)10-6-13/h3-10,17H,11H2,1-2H3/t17-/m0/s1. The average Bonchev–Trinajstić information content (AvgIpc) is 2.96. The molecule has 2 aromatic rings. The molecule has 5 heteroatoms. The lowest BCUT2D eigenvalue weighted by atomic mass is 10.1. The van der Waals surface area contributed by atoms with Gasteiger partial charge in [-0.05, 0) is 42.0 Å². The van der Waals surface area contributed by atoms with E-state index in [4.69, 9.17) is 9.47 Å². The Morgan fingerprint density at radius 3 is 2.05 bits per heavy atom. The van der Waals surface area contributed by atoms with Crippen LogP contribution in [0, 0.1) is 0 Å². The molecule has 1 heterocycles. The van der Waals surface area contributed by atoms with Gasteiger partial charge in [0.1, 0.15) is 16.9 Å². The van der Waals surface area contributed by atoms with E-state index in [1.807, 2.05) is 53.4 Å². The number of carbonyl (C=O) groups is 1. The summed E-state index contributed by atoms with van der Waals surface area (Å²) in [7, 11) is 3.28. The molecular weight excluding hydrogens is 298 g/mol. The largest absolute Gasteiger partial charge is 0.497 e. The zero-order valence-corrected chi connectivity index (χ0v) is 13.3. The van der Waals surface area contributed by atoms with Gasteiger partial charge in [-0.2, -0.15) is 0 Å². The molecule has 0 bridgehead atoms. The van der Waals surface area contributed by atoms with Crippen LogP contribution in [-0.2, 0) is 4.79 Å². The van der Waals surface area contributed by atoms with E-state index in [0.29, 0.717) is 5.75 Å². The predicted octanol–water partition coefficient (Wildman–Crippen LogP) is 3.48. The third-order valence-electron chi connectivity index (χ3n) is 3.62. The van der Waals surface area contributed by atoms with E-state index in [1.54, 1.807) is 26.0 Å². The van der Waals surface area contributed by atoms with Gasteiger partial charge in [0.15, 0.2) is 0 Å². The zero-order chi connectivity index (χ0) is 15.5. The Labute approximate surface area is 134 Å². The van der Waals surface area contributed by atoms with Crippen LogP contribution in [0.1, 0.15) is 10.9 Å². The third kappa shape index (κ3) is 2.76. The molecule has 0 radical (unpaired) electrons. The normalized spacial score (nSPS) is 17.6. The molecule has 1 aliphatic heterocycles. The molecule has 2 aromatic carbocycles. The molecule has 1 aliphatic rings. The fourth-order valence-electron chi connectivity index (χ4n) is 2.46. The van der Waals surface area contributed by atoms with Crippen molar-refractivity contribution in [3.63, 3.8) is 0 Å². The van der Waals surface area contributed by atoms with Gasteiger partial charge in [0.25, 0.3) is 0 Å². The first-order chi connectivity index (χ1) is 10.7. The lowest BCUT2D eigenvalue weighted by molar-refractivity contribution is -0.115. The lowest BCUT2D eigenvalue weighted by Crippen LogP contribution is -2.27. The summed E-state index contributed by atoms with van der Waals surface area (Å²) in [6.07, 6.45) is 0. The van der Waals surface area contributed by atoms with E-state index in [1.165, 1.54) is 0 Å². The van der Waals surface area contributed by atoms with Gasteiger partial charge in [-0.25, -0.2) is 0 Å². The topological polar surface area (TPSA) is 38.8 Å². The number of rotatable bonds is 4. The molecule has 1 atom stereocenters. The van der Waals surface area contributed by atoms with Crippen LogP contribution in [-0.4, -0.2) is 25.9 Å². The van der Waals surface area contributed by atoms with Crippen molar-refractivity contribution in [1.29, 1.82) is 0 Å². The van der Waals surface area contributed by atoms with Gasteiger partial charge < -0.3 is 9.47 Å². The van der Waals surface area contributed by atoms with Gasteiger partial charge in [-0.3, -0.25) is 9.69 Å². The molecule has 0 unspecified atom stereocenters.